The number of methoxy groups -OCH3 is 1. The quantitative estimate of drug-likeness (QED) is 0.194. The third-order valence-electron chi connectivity index (χ3n) is 6.68. The van der Waals surface area contributed by atoms with Crippen LogP contribution >= 0.6 is 11.6 Å². The molecule has 210 valence electrons. The van der Waals surface area contributed by atoms with Crippen molar-refractivity contribution in [2.24, 2.45) is 10.9 Å². The summed E-state index contributed by atoms with van der Waals surface area (Å²) >= 11 is 6.31. The fourth-order valence-electron chi connectivity index (χ4n) is 4.74. The van der Waals surface area contributed by atoms with Gasteiger partial charge in [-0.3, -0.25) is 9.79 Å². The van der Waals surface area contributed by atoms with Crippen LogP contribution in [0.1, 0.15) is 49.4 Å². The molecule has 0 aliphatic carbocycles. The molecule has 0 saturated heterocycles. The molecule has 9 heteroatoms. The molecule has 0 bridgehead atoms. The monoisotopic (exact) mass is 570 g/mol. The number of benzene rings is 3. The number of hydrogen-bond acceptors (Lipinski definition) is 3. The van der Waals surface area contributed by atoms with Gasteiger partial charge in [0.25, 0.3) is 0 Å². The van der Waals surface area contributed by atoms with Crippen LogP contribution in [-0.4, -0.2) is 35.5 Å². The Bertz CT molecular complexity index is 1530. The Labute approximate surface area is 235 Å². The van der Waals surface area contributed by atoms with Gasteiger partial charge in [-0.2, -0.15) is 13.2 Å². The summed E-state index contributed by atoms with van der Waals surface area (Å²) in [5.41, 5.74) is 3.17. The van der Waals surface area contributed by atoms with Crippen molar-refractivity contribution in [1.82, 2.24) is 4.57 Å². The third-order valence-corrected chi connectivity index (χ3v) is 6.99. The smallest absolute Gasteiger partial charge is 0.416 e. The minimum Gasteiger partial charge on any atom is -0.496 e. The van der Waals surface area contributed by atoms with Crippen molar-refractivity contribution in [2.75, 3.05) is 13.7 Å². The molecule has 0 fully saturated rings. The normalized spacial score (nSPS) is 12.9. The molecule has 5 nitrogen and oxygen atoms in total. The molecular weight excluding hydrogens is 541 g/mol. The maximum Gasteiger partial charge on any atom is 0.416 e. The zero-order valence-corrected chi connectivity index (χ0v) is 23.1. The summed E-state index contributed by atoms with van der Waals surface area (Å²) in [6.07, 6.45) is 0.0569. The van der Waals surface area contributed by atoms with Gasteiger partial charge in [0.1, 0.15) is 5.75 Å². The van der Waals surface area contributed by atoms with Crippen LogP contribution in [0.5, 0.6) is 5.75 Å². The van der Waals surface area contributed by atoms with E-state index in [1.165, 1.54) is 13.2 Å². The standard InChI is InChI=1S/C31H30ClF3N2O3/c1-19(2)14-27(21-6-4-20(5-7-21)18-36-12-10-30(38)39)37-13-11-22-15-25(29(40-3)17-28(22)37)24-9-8-23(16-26(24)32)31(33,34)35/h4-9,11,13,15-19,27H,10,12,14H2,1-3H3,(H,38,39). The van der Waals surface area contributed by atoms with Crippen molar-refractivity contribution >= 4 is 34.7 Å². The van der Waals surface area contributed by atoms with E-state index in [-0.39, 0.29) is 24.0 Å². The van der Waals surface area contributed by atoms with Crippen molar-refractivity contribution in [2.45, 2.75) is 38.9 Å². The lowest BCUT2D eigenvalue weighted by atomic mass is 9.95. The molecule has 0 spiro atoms. The number of fused-ring (bicyclic) bond motifs is 1. The van der Waals surface area contributed by atoms with E-state index in [1.807, 2.05) is 48.7 Å². The van der Waals surface area contributed by atoms with Crippen LogP contribution < -0.4 is 4.74 Å². The second-order valence-electron chi connectivity index (χ2n) is 10.0. The second kappa shape index (κ2) is 12.2. The van der Waals surface area contributed by atoms with Gasteiger partial charge in [-0.05, 0) is 47.7 Å². The number of carbonyl (C=O) groups is 1. The summed E-state index contributed by atoms with van der Waals surface area (Å²) in [6, 6.07) is 17.1. The molecule has 4 rings (SSSR count). The van der Waals surface area contributed by atoms with Crippen molar-refractivity contribution in [1.29, 1.82) is 0 Å². The van der Waals surface area contributed by atoms with Crippen LogP contribution in [0.15, 0.2) is 71.9 Å². The van der Waals surface area contributed by atoms with E-state index in [2.05, 4.69) is 23.4 Å². The van der Waals surface area contributed by atoms with Gasteiger partial charge in [-0.15, -0.1) is 0 Å². The number of aliphatic carboxylic acids is 1. The predicted molar refractivity (Wildman–Crippen MR) is 153 cm³/mol. The molecular formula is C31H30ClF3N2O3. The van der Waals surface area contributed by atoms with Crippen LogP contribution in [0.3, 0.4) is 0 Å². The number of rotatable bonds is 10. The summed E-state index contributed by atoms with van der Waals surface area (Å²) in [5, 5.41) is 9.68. The summed E-state index contributed by atoms with van der Waals surface area (Å²) < 4.78 is 47.4. The lowest BCUT2D eigenvalue weighted by Gasteiger charge is -2.23. The lowest BCUT2D eigenvalue weighted by Crippen LogP contribution is -2.12. The van der Waals surface area contributed by atoms with Crippen LogP contribution in [-0.2, 0) is 11.0 Å². The van der Waals surface area contributed by atoms with Gasteiger partial charge in [-0.25, -0.2) is 0 Å². The van der Waals surface area contributed by atoms with Crippen LogP contribution in [0.2, 0.25) is 5.02 Å². The van der Waals surface area contributed by atoms with Crippen molar-refractivity contribution in [3.8, 4) is 16.9 Å². The second-order valence-corrected chi connectivity index (χ2v) is 10.4. The van der Waals surface area contributed by atoms with Gasteiger partial charge in [-0.1, -0.05) is 55.8 Å². The van der Waals surface area contributed by atoms with E-state index < -0.39 is 17.7 Å². The van der Waals surface area contributed by atoms with E-state index in [0.29, 0.717) is 22.8 Å². The molecule has 0 radical (unpaired) electrons. The average Bonchev–Trinajstić information content (AvgIpc) is 3.31. The number of carboxylic acid groups (broad SMARTS) is 1. The third kappa shape index (κ3) is 6.67. The van der Waals surface area contributed by atoms with E-state index in [4.69, 9.17) is 21.4 Å². The Kier molecular flexibility index (Phi) is 8.88. The first kappa shape index (κ1) is 29.2. The Morgan fingerprint density at radius 3 is 2.40 bits per heavy atom. The van der Waals surface area contributed by atoms with Crippen LogP contribution in [0.25, 0.3) is 22.0 Å². The maximum absolute atomic E-state index is 13.2. The zero-order valence-electron chi connectivity index (χ0n) is 22.4. The van der Waals surface area contributed by atoms with Crippen molar-refractivity contribution < 1.29 is 27.8 Å². The Balaban J connectivity index is 1.71. The van der Waals surface area contributed by atoms with Gasteiger partial charge in [0, 0.05) is 46.6 Å². The van der Waals surface area contributed by atoms with Gasteiger partial charge in [0.05, 0.1) is 30.7 Å². The van der Waals surface area contributed by atoms with E-state index in [9.17, 15) is 18.0 Å². The number of hydrogen-bond donors (Lipinski definition) is 1. The molecule has 40 heavy (non-hydrogen) atoms. The number of halogens is 4. The van der Waals surface area contributed by atoms with Gasteiger partial charge < -0.3 is 14.4 Å². The Hall–Kier alpha value is -3.78. The summed E-state index contributed by atoms with van der Waals surface area (Å²) in [6.45, 7) is 4.55. The SMILES string of the molecule is COc1cc2c(ccn2C(CC(C)C)c2ccc(C=NCCC(=O)O)cc2)cc1-c1ccc(C(F)(F)F)cc1Cl. The molecule has 0 aliphatic rings. The molecule has 1 N–H and O–H groups in total. The van der Waals surface area contributed by atoms with Crippen LogP contribution in [0, 0.1) is 5.92 Å². The van der Waals surface area contributed by atoms with Gasteiger partial charge in [0.2, 0.25) is 0 Å². The summed E-state index contributed by atoms with van der Waals surface area (Å²) in [4.78, 5) is 14.9. The van der Waals surface area contributed by atoms with Crippen molar-refractivity contribution in [3.63, 3.8) is 0 Å². The van der Waals surface area contributed by atoms with Gasteiger partial charge >= 0.3 is 12.1 Å². The maximum atomic E-state index is 13.2. The van der Waals surface area contributed by atoms with E-state index >= 15 is 0 Å². The Morgan fingerprint density at radius 1 is 1.07 bits per heavy atom. The first-order chi connectivity index (χ1) is 19.0. The molecule has 1 heterocycles. The molecule has 0 amide bonds. The first-order valence-electron chi connectivity index (χ1n) is 12.8. The highest BCUT2D eigenvalue weighted by molar-refractivity contribution is 6.33. The fraction of sp³-hybridized carbons (Fsp3) is 0.290. The zero-order chi connectivity index (χ0) is 29.0. The number of aromatic nitrogens is 1. The van der Waals surface area contributed by atoms with Crippen LogP contribution in [0.4, 0.5) is 13.2 Å². The van der Waals surface area contributed by atoms with E-state index in [1.54, 1.807) is 6.21 Å². The highest BCUT2D eigenvalue weighted by atomic mass is 35.5. The highest BCUT2D eigenvalue weighted by Gasteiger charge is 2.31. The number of ether oxygens (including phenoxy) is 1. The molecule has 3 aromatic carbocycles. The molecule has 1 aromatic heterocycles. The number of aliphatic imine (C=N–C) groups is 1. The highest BCUT2D eigenvalue weighted by Crippen LogP contribution is 2.42. The molecule has 1 unspecified atom stereocenters. The number of carboxylic acids is 1. The fourth-order valence-corrected chi connectivity index (χ4v) is 5.02. The molecule has 4 aromatic rings. The lowest BCUT2D eigenvalue weighted by molar-refractivity contribution is -0.138. The van der Waals surface area contributed by atoms with Gasteiger partial charge in [0.15, 0.2) is 0 Å². The minimum atomic E-state index is -4.48. The molecule has 1 atom stereocenters. The number of nitrogens with zero attached hydrogens (tertiary/aromatic N) is 2. The molecule has 0 aliphatic heterocycles. The molecule has 0 saturated carbocycles. The average molecular weight is 571 g/mol. The minimum absolute atomic E-state index is 0.00354. The number of alkyl halides is 3. The first-order valence-corrected chi connectivity index (χ1v) is 13.2. The topological polar surface area (TPSA) is 63.8 Å². The summed E-state index contributed by atoms with van der Waals surface area (Å²) in [5.74, 6) is 0.0198. The van der Waals surface area contributed by atoms with E-state index in [0.717, 1.165) is 40.6 Å². The summed E-state index contributed by atoms with van der Waals surface area (Å²) in [7, 11) is 1.53. The Morgan fingerprint density at radius 2 is 1.80 bits per heavy atom. The predicted octanol–water partition coefficient (Wildman–Crippen LogP) is 8.52. The largest absolute Gasteiger partial charge is 0.496 e. The van der Waals surface area contributed by atoms with Crippen molar-refractivity contribution in [3.05, 3.63) is 88.6 Å².